The van der Waals surface area contributed by atoms with Crippen LogP contribution in [0.5, 0.6) is 0 Å². The van der Waals surface area contributed by atoms with Gasteiger partial charge in [0.2, 0.25) is 5.91 Å². The van der Waals surface area contributed by atoms with E-state index in [1.807, 2.05) is 0 Å². The second kappa shape index (κ2) is 7.17. The maximum atomic E-state index is 12.9. The summed E-state index contributed by atoms with van der Waals surface area (Å²) in [6, 6.07) is 5.64. The van der Waals surface area contributed by atoms with Gasteiger partial charge in [0.25, 0.3) is 11.1 Å². The fourth-order valence-corrected chi connectivity index (χ4v) is 3.56. The van der Waals surface area contributed by atoms with E-state index in [0.717, 1.165) is 35.9 Å². The number of carbonyl (C=O) groups excluding carboxylic acids is 3. The normalized spacial score (nSPS) is 20.1. The van der Waals surface area contributed by atoms with Gasteiger partial charge in [0.1, 0.15) is 12.4 Å². The molecule has 0 spiro atoms. The number of imide groups is 1. The van der Waals surface area contributed by atoms with Crippen molar-refractivity contribution in [3.8, 4) is 0 Å². The number of amides is 3. The number of carbonyl (C=O) groups is 3. The molecule has 0 aliphatic carbocycles. The zero-order valence-electron chi connectivity index (χ0n) is 13.0. The minimum absolute atomic E-state index is 0.194. The van der Waals surface area contributed by atoms with Crippen molar-refractivity contribution in [2.75, 3.05) is 19.6 Å². The molecule has 0 aromatic heterocycles. The Kier molecular flexibility index (Phi) is 4.99. The standard InChI is InChI=1S/C17H17FN2O3S/c18-13-6-4-12(5-7-13)10-14-16(22)20(17(23)24-14)11-15(21)19-8-2-1-3-9-19/h4-7,10H,1-3,8-9,11H2/b14-10-. The van der Waals surface area contributed by atoms with Crippen molar-refractivity contribution in [3.63, 3.8) is 0 Å². The van der Waals surface area contributed by atoms with Gasteiger partial charge in [0.15, 0.2) is 0 Å². The van der Waals surface area contributed by atoms with Crippen molar-refractivity contribution >= 4 is 34.9 Å². The first kappa shape index (κ1) is 16.7. The summed E-state index contributed by atoms with van der Waals surface area (Å²) in [6.07, 6.45) is 4.55. The first-order valence-electron chi connectivity index (χ1n) is 7.83. The van der Waals surface area contributed by atoms with E-state index in [9.17, 15) is 18.8 Å². The number of benzene rings is 1. The van der Waals surface area contributed by atoms with Crippen LogP contribution in [0.15, 0.2) is 29.2 Å². The van der Waals surface area contributed by atoms with Gasteiger partial charge >= 0.3 is 0 Å². The molecule has 0 N–H and O–H groups in total. The summed E-state index contributed by atoms with van der Waals surface area (Å²) in [4.78, 5) is 39.6. The number of nitrogens with zero attached hydrogens (tertiary/aromatic N) is 2. The Morgan fingerprint density at radius 3 is 2.46 bits per heavy atom. The van der Waals surface area contributed by atoms with Crippen molar-refractivity contribution in [1.82, 2.24) is 9.80 Å². The molecule has 2 aliphatic rings. The number of hydrogen-bond acceptors (Lipinski definition) is 4. The van der Waals surface area contributed by atoms with E-state index in [0.29, 0.717) is 18.7 Å². The van der Waals surface area contributed by atoms with Crippen molar-refractivity contribution in [2.24, 2.45) is 0 Å². The van der Waals surface area contributed by atoms with Gasteiger partial charge in [-0.1, -0.05) is 12.1 Å². The van der Waals surface area contributed by atoms with Gasteiger partial charge in [-0.15, -0.1) is 0 Å². The molecule has 1 aromatic carbocycles. The number of likely N-dealkylation sites (tertiary alicyclic amines) is 1. The molecule has 3 rings (SSSR count). The van der Waals surface area contributed by atoms with E-state index in [1.54, 1.807) is 4.90 Å². The molecule has 2 aliphatic heterocycles. The summed E-state index contributed by atoms with van der Waals surface area (Å²) in [5.74, 6) is -1.04. The largest absolute Gasteiger partial charge is 0.341 e. The summed E-state index contributed by atoms with van der Waals surface area (Å²) in [5.41, 5.74) is 0.629. The lowest BCUT2D eigenvalue weighted by Gasteiger charge is -2.27. The molecular weight excluding hydrogens is 331 g/mol. The summed E-state index contributed by atoms with van der Waals surface area (Å²) in [5, 5.41) is -0.446. The number of thioether (sulfide) groups is 1. The molecule has 0 radical (unpaired) electrons. The zero-order chi connectivity index (χ0) is 17.1. The Morgan fingerprint density at radius 1 is 1.12 bits per heavy atom. The van der Waals surface area contributed by atoms with Gasteiger partial charge in [0, 0.05) is 13.1 Å². The maximum Gasteiger partial charge on any atom is 0.294 e. The third-order valence-electron chi connectivity index (χ3n) is 4.04. The lowest BCUT2D eigenvalue weighted by atomic mass is 10.1. The average molecular weight is 348 g/mol. The second-order valence-electron chi connectivity index (χ2n) is 5.76. The van der Waals surface area contributed by atoms with E-state index < -0.39 is 11.1 Å². The highest BCUT2D eigenvalue weighted by Gasteiger charge is 2.37. The summed E-state index contributed by atoms with van der Waals surface area (Å²) < 4.78 is 12.9. The SMILES string of the molecule is O=C(CN1C(=O)S/C(=C\c2ccc(F)cc2)C1=O)N1CCCCC1. The maximum absolute atomic E-state index is 12.9. The van der Waals surface area contributed by atoms with Crippen LogP contribution in [0.3, 0.4) is 0 Å². The molecule has 5 nitrogen and oxygen atoms in total. The number of halogens is 1. The van der Waals surface area contributed by atoms with Crippen LogP contribution in [0.1, 0.15) is 24.8 Å². The van der Waals surface area contributed by atoms with Gasteiger partial charge in [-0.2, -0.15) is 0 Å². The average Bonchev–Trinajstić information content (AvgIpc) is 2.85. The molecule has 24 heavy (non-hydrogen) atoms. The van der Waals surface area contributed by atoms with Gasteiger partial charge in [-0.05, 0) is 54.8 Å². The van der Waals surface area contributed by atoms with Gasteiger partial charge in [-0.3, -0.25) is 19.3 Å². The van der Waals surface area contributed by atoms with Crippen LogP contribution in [0.25, 0.3) is 6.08 Å². The molecule has 0 bridgehead atoms. The third-order valence-corrected chi connectivity index (χ3v) is 4.95. The Balaban J connectivity index is 1.69. The van der Waals surface area contributed by atoms with Crippen molar-refractivity contribution in [2.45, 2.75) is 19.3 Å². The number of rotatable bonds is 3. The number of piperidine rings is 1. The van der Waals surface area contributed by atoms with Crippen LogP contribution < -0.4 is 0 Å². The third kappa shape index (κ3) is 3.67. The minimum atomic E-state index is -0.473. The van der Waals surface area contributed by atoms with E-state index in [1.165, 1.54) is 30.3 Å². The van der Waals surface area contributed by atoms with Crippen molar-refractivity contribution in [1.29, 1.82) is 0 Å². The molecule has 126 valence electrons. The monoisotopic (exact) mass is 348 g/mol. The summed E-state index contributed by atoms with van der Waals surface area (Å²) in [6.45, 7) is 1.15. The second-order valence-corrected chi connectivity index (χ2v) is 6.75. The van der Waals surface area contributed by atoms with E-state index in [-0.39, 0.29) is 23.2 Å². The fraction of sp³-hybridized carbons (Fsp3) is 0.353. The molecule has 0 atom stereocenters. The predicted molar refractivity (Wildman–Crippen MR) is 89.5 cm³/mol. The van der Waals surface area contributed by atoms with Crippen LogP contribution >= 0.6 is 11.8 Å². The first-order chi connectivity index (χ1) is 11.5. The molecule has 2 fully saturated rings. The smallest absolute Gasteiger partial charge is 0.294 e. The lowest BCUT2D eigenvalue weighted by molar-refractivity contribution is -0.136. The van der Waals surface area contributed by atoms with Crippen molar-refractivity contribution in [3.05, 3.63) is 40.6 Å². The number of hydrogen-bond donors (Lipinski definition) is 0. The van der Waals surface area contributed by atoms with Crippen LogP contribution in [-0.2, 0) is 9.59 Å². The highest BCUT2D eigenvalue weighted by Crippen LogP contribution is 2.32. The fourth-order valence-electron chi connectivity index (χ4n) is 2.73. The van der Waals surface area contributed by atoms with E-state index >= 15 is 0 Å². The van der Waals surface area contributed by atoms with Crippen LogP contribution in [0.4, 0.5) is 9.18 Å². The van der Waals surface area contributed by atoms with Gasteiger partial charge in [0.05, 0.1) is 4.91 Å². The predicted octanol–water partition coefficient (Wildman–Crippen LogP) is 2.87. The molecule has 1 aromatic rings. The Labute approximate surface area is 143 Å². The molecule has 2 saturated heterocycles. The van der Waals surface area contributed by atoms with Gasteiger partial charge < -0.3 is 4.90 Å². The van der Waals surface area contributed by atoms with Crippen LogP contribution in [-0.4, -0.2) is 46.5 Å². The Morgan fingerprint density at radius 2 is 1.79 bits per heavy atom. The first-order valence-corrected chi connectivity index (χ1v) is 8.65. The topological polar surface area (TPSA) is 57.7 Å². The van der Waals surface area contributed by atoms with Crippen LogP contribution in [0, 0.1) is 5.82 Å². The Hall–Kier alpha value is -2.15. The molecular formula is C17H17FN2O3S. The molecule has 0 saturated carbocycles. The van der Waals surface area contributed by atoms with E-state index in [4.69, 9.17) is 0 Å². The highest BCUT2D eigenvalue weighted by atomic mass is 32.2. The van der Waals surface area contributed by atoms with Crippen molar-refractivity contribution < 1.29 is 18.8 Å². The summed E-state index contributed by atoms with van der Waals surface area (Å²) in [7, 11) is 0. The highest BCUT2D eigenvalue weighted by molar-refractivity contribution is 8.18. The van der Waals surface area contributed by atoms with E-state index in [2.05, 4.69) is 0 Å². The molecule has 7 heteroatoms. The quantitative estimate of drug-likeness (QED) is 0.788. The zero-order valence-corrected chi connectivity index (χ0v) is 13.9. The van der Waals surface area contributed by atoms with Gasteiger partial charge in [-0.25, -0.2) is 4.39 Å². The molecule has 2 heterocycles. The lowest BCUT2D eigenvalue weighted by Crippen LogP contribution is -2.44. The Bertz CT molecular complexity index is 696. The summed E-state index contributed by atoms with van der Waals surface area (Å²) >= 11 is 0.804. The molecule has 3 amide bonds. The minimum Gasteiger partial charge on any atom is -0.341 e. The molecule has 0 unspecified atom stereocenters. The van der Waals surface area contributed by atoms with Crippen LogP contribution in [0.2, 0.25) is 0 Å².